The summed E-state index contributed by atoms with van der Waals surface area (Å²) in [7, 11) is 0. The highest BCUT2D eigenvalue weighted by molar-refractivity contribution is 5.95. The lowest BCUT2D eigenvalue weighted by atomic mass is 10.2. The van der Waals surface area contributed by atoms with Gasteiger partial charge in [0.2, 0.25) is 5.91 Å². The smallest absolute Gasteiger partial charge is 0.227 e. The molecule has 6 nitrogen and oxygen atoms in total. The van der Waals surface area contributed by atoms with Gasteiger partial charge in [0, 0.05) is 50.4 Å². The summed E-state index contributed by atoms with van der Waals surface area (Å²) in [5, 5.41) is 6.75. The Kier molecular flexibility index (Phi) is 8.77. The Hall–Kier alpha value is -2.08. The first kappa shape index (κ1) is 22.2. The van der Waals surface area contributed by atoms with E-state index in [-0.39, 0.29) is 5.91 Å². The SMILES string of the molecule is CCNC(=NCc1ccc(N2CCCC2=O)cc1)NCCN(C(C)C)C(C)C. The summed E-state index contributed by atoms with van der Waals surface area (Å²) in [4.78, 5) is 20.9. The van der Waals surface area contributed by atoms with Gasteiger partial charge in [0.05, 0.1) is 6.54 Å². The Labute approximate surface area is 170 Å². The minimum absolute atomic E-state index is 0.223. The van der Waals surface area contributed by atoms with Gasteiger partial charge in [-0.2, -0.15) is 0 Å². The summed E-state index contributed by atoms with van der Waals surface area (Å²) in [5.74, 6) is 1.06. The van der Waals surface area contributed by atoms with Crippen LogP contribution in [0.1, 0.15) is 53.0 Å². The molecule has 1 aromatic carbocycles. The van der Waals surface area contributed by atoms with E-state index in [9.17, 15) is 4.79 Å². The van der Waals surface area contributed by atoms with Gasteiger partial charge >= 0.3 is 0 Å². The number of hydrogen-bond donors (Lipinski definition) is 2. The second-order valence-electron chi connectivity index (χ2n) is 7.86. The third kappa shape index (κ3) is 6.51. The van der Waals surface area contributed by atoms with Crippen molar-refractivity contribution in [2.24, 2.45) is 4.99 Å². The first-order valence-electron chi connectivity index (χ1n) is 10.6. The van der Waals surface area contributed by atoms with Crippen LogP contribution >= 0.6 is 0 Å². The van der Waals surface area contributed by atoms with Gasteiger partial charge in [0.25, 0.3) is 0 Å². The average Bonchev–Trinajstić information content (AvgIpc) is 3.08. The van der Waals surface area contributed by atoms with Gasteiger partial charge in [0.15, 0.2) is 5.96 Å². The quantitative estimate of drug-likeness (QED) is 0.505. The molecule has 0 saturated carbocycles. The number of hydrogen-bond acceptors (Lipinski definition) is 3. The molecular weight excluding hydrogens is 350 g/mol. The highest BCUT2D eigenvalue weighted by atomic mass is 16.2. The standard InChI is InChI=1S/C22H37N5O/c1-6-23-22(24-13-15-26(17(2)3)18(4)5)25-16-19-9-11-20(12-10-19)27-14-7-8-21(27)28/h9-12,17-18H,6-8,13-16H2,1-5H3,(H2,23,24,25). The average molecular weight is 388 g/mol. The molecule has 0 radical (unpaired) electrons. The minimum atomic E-state index is 0.223. The van der Waals surface area contributed by atoms with Crippen LogP contribution in [-0.2, 0) is 11.3 Å². The van der Waals surface area contributed by atoms with Gasteiger partial charge in [-0.25, -0.2) is 4.99 Å². The summed E-state index contributed by atoms with van der Waals surface area (Å²) in [5.41, 5.74) is 2.13. The Morgan fingerprint density at radius 2 is 1.82 bits per heavy atom. The van der Waals surface area contributed by atoms with Crippen molar-refractivity contribution in [2.45, 2.75) is 66.1 Å². The number of nitrogens with one attached hydrogen (secondary N) is 2. The predicted molar refractivity (Wildman–Crippen MR) is 118 cm³/mol. The van der Waals surface area contributed by atoms with Crippen LogP contribution in [0.3, 0.4) is 0 Å². The number of amides is 1. The zero-order chi connectivity index (χ0) is 20.5. The van der Waals surface area contributed by atoms with Crippen molar-refractivity contribution < 1.29 is 4.79 Å². The molecule has 0 atom stereocenters. The normalized spacial score (nSPS) is 15.2. The third-order valence-electron chi connectivity index (χ3n) is 5.07. The number of guanidine groups is 1. The number of carbonyl (C=O) groups excluding carboxylic acids is 1. The highest BCUT2D eigenvalue weighted by Gasteiger charge is 2.21. The van der Waals surface area contributed by atoms with E-state index in [1.54, 1.807) is 0 Å². The molecule has 0 aliphatic carbocycles. The van der Waals surface area contributed by atoms with Crippen LogP contribution in [0.15, 0.2) is 29.3 Å². The first-order chi connectivity index (χ1) is 13.4. The Bertz CT molecular complexity index is 631. The number of carbonyl (C=O) groups is 1. The summed E-state index contributed by atoms with van der Waals surface area (Å²) >= 11 is 0. The van der Waals surface area contributed by atoms with Crippen molar-refractivity contribution in [3.05, 3.63) is 29.8 Å². The van der Waals surface area contributed by atoms with Crippen molar-refractivity contribution in [3.63, 3.8) is 0 Å². The lowest BCUT2D eigenvalue weighted by Gasteiger charge is -2.30. The maximum absolute atomic E-state index is 11.9. The fourth-order valence-corrected chi connectivity index (χ4v) is 3.63. The first-order valence-corrected chi connectivity index (χ1v) is 10.6. The molecule has 0 aromatic heterocycles. The summed E-state index contributed by atoms with van der Waals surface area (Å²) in [6.45, 7) is 15.1. The number of anilines is 1. The number of benzene rings is 1. The number of rotatable bonds is 9. The Balaban J connectivity index is 1.90. The van der Waals surface area contributed by atoms with Gasteiger partial charge in [-0.1, -0.05) is 12.1 Å². The van der Waals surface area contributed by atoms with Crippen molar-refractivity contribution in [1.29, 1.82) is 0 Å². The van der Waals surface area contributed by atoms with E-state index >= 15 is 0 Å². The zero-order valence-electron chi connectivity index (χ0n) is 18.2. The molecule has 156 valence electrons. The van der Waals surface area contributed by atoms with E-state index in [0.717, 1.165) is 49.8 Å². The largest absolute Gasteiger partial charge is 0.357 e. The topological polar surface area (TPSA) is 60.0 Å². The molecule has 1 aliphatic heterocycles. The van der Waals surface area contributed by atoms with E-state index in [1.807, 2.05) is 17.0 Å². The zero-order valence-corrected chi connectivity index (χ0v) is 18.2. The molecular formula is C22H37N5O. The van der Waals surface area contributed by atoms with Crippen LogP contribution in [0.25, 0.3) is 0 Å². The van der Waals surface area contributed by atoms with Gasteiger partial charge in [-0.05, 0) is 58.7 Å². The number of aliphatic imine (C=N–C) groups is 1. The van der Waals surface area contributed by atoms with Crippen LogP contribution < -0.4 is 15.5 Å². The maximum atomic E-state index is 11.9. The minimum Gasteiger partial charge on any atom is -0.357 e. The molecule has 0 unspecified atom stereocenters. The second kappa shape index (κ2) is 11.1. The number of nitrogens with zero attached hydrogens (tertiary/aromatic N) is 3. The molecule has 0 bridgehead atoms. The summed E-state index contributed by atoms with van der Waals surface area (Å²) in [6, 6.07) is 9.24. The Morgan fingerprint density at radius 3 is 2.36 bits per heavy atom. The van der Waals surface area contributed by atoms with Crippen molar-refractivity contribution in [1.82, 2.24) is 15.5 Å². The fraction of sp³-hybridized carbons (Fsp3) is 0.636. The molecule has 2 N–H and O–H groups in total. The highest BCUT2D eigenvalue weighted by Crippen LogP contribution is 2.21. The molecule has 2 rings (SSSR count). The predicted octanol–water partition coefficient (Wildman–Crippen LogP) is 2.99. The monoisotopic (exact) mass is 387 g/mol. The van der Waals surface area contributed by atoms with E-state index < -0.39 is 0 Å². The van der Waals surface area contributed by atoms with Crippen LogP contribution in [0.2, 0.25) is 0 Å². The summed E-state index contributed by atoms with van der Waals surface area (Å²) < 4.78 is 0. The van der Waals surface area contributed by atoms with E-state index in [4.69, 9.17) is 4.99 Å². The molecule has 1 amide bonds. The third-order valence-corrected chi connectivity index (χ3v) is 5.07. The molecule has 1 saturated heterocycles. The maximum Gasteiger partial charge on any atom is 0.227 e. The van der Waals surface area contributed by atoms with Crippen LogP contribution in [-0.4, -0.2) is 55.0 Å². The molecule has 1 fully saturated rings. The van der Waals surface area contributed by atoms with E-state index in [0.29, 0.717) is 25.0 Å². The molecule has 28 heavy (non-hydrogen) atoms. The molecule has 1 aromatic rings. The van der Waals surface area contributed by atoms with Crippen LogP contribution in [0.5, 0.6) is 0 Å². The van der Waals surface area contributed by atoms with Crippen molar-refractivity contribution in [2.75, 3.05) is 31.1 Å². The molecule has 1 heterocycles. The van der Waals surface area contributed by atoms with Gasteiger partial charge in [0.1, 0.15) is 0 Å². The molecule has 1 aliphatic rings. The fourth-order valence-electron chi connectivity index (χ4n) is 3.63. The van der Waals surface area contributed by atoms with Crippen LogP contribution in [0, 0.1) is 0 Å². The van der Waals surface area contributed by atoms with Gasteiger partial charge in [-0.15, -0.1) is 0 Å². The van der Waals surface area contributed by atoms with E-state index in [1.165, 1.54) is 0 Å². The molecule has 0 spiro atoms. The van der Waals surface area contributed by atoms with Crippen molar-refractivity contribution >= 4 is 17.6 Å². The molecule has 6 heteroatoms. The second-order valence-corrected chi connectivity index (χ2v) is 7.86. The summed E-state index contributed by atoms with van der Waals surface area (Å²) in [6.07, 6.45) is 1.61. The van der Waals surface area contributed by atoms with Crippen molar-refractivity contribution in [3.8, 4) is 0 Å². The van der Waals surface area contributed by atoms with E-state index in [2.05, 4.69) is 62.3 Å². The lowest BCUT2D eigenvalue weighted by molar-refractivity contribution is -0.117. The Morgan fingerprint density at radius 1 is 1.14 bits per heavy atom. The van der Waals surface area contributed by atoms with Gasteiger partial charge in [-0.3, -0.25) is 9.69 Å². The van der Waals surface area contributed by atoms with Gasteiger partial charge < -0.3 is 15.5 Å². The van der Waals surface area contributed by atoms with Crippen LogP contribution in [0.4, 0.5) is 5.69 Å². The lowest BCUT2D eigenvalue weighted by Crippen LogP contribution is -2.45.